The third-order valence-electron chi connectivity index (χ3n) is 1.85. The number of nitrogens with two attached hydrogens (primary N) is 1. The molecule has 0 aromatic carbocycles. The third kappa shape index (κ3) is 3.23. The highest BCUT2D eigenvalue weighted by atomic mass is 19.4. The fourth-order valence-corrected chi connectivity index (χ4v) is 1.10. The van der Waals surface area contributed by atoms with Crippen molar-refractivity contribution in [3.8, 4) is 0 Å². The largest absolute Gasteiger partial charge is 0.419 e. The predicted octanol–water partition coefficient (Wildman–Crippen LogP) is 2.08. The number of aliphatic hydroxyl groups is 1. The van der Waals surface area contributed by atoms with Gasteiger partial charge in [0, 0.05) is 12.8 Å². The van der Waals surface area contributed by atoms with Crippen LogP contribution in [0.25, 0.3) is 6.08 Å². The van der Waals surface area contributed by atoms with E-state index < -0.39 is 17.6 Å². The first kappa shape index (κ1) is 12.5. The highest BCUT2D eigenvalue weighted by molar-refractivity contribution is 5.54. The van der Waals surface area contributed by atoms with Crippen LogP contribution in [0.1, 0.15) is 17.5 Å². The van der Waals surface area contributed by atoms with Crippen LogP contribution in [0, 0.1) is 0 Å². The van der Waals surface area contributed by atoms with E-state index in [1.54, 1.807) is 6.08 Å². The number of alkyl halides is 3. The Bertz CT molecular complexity index is 388. The zero-order valence-electron chi connectivity index (χ0n) is 8.33. The number of hydrogen-bond acceptors (Lipinski definition) is 3. The molecule has 88 valence electrons. The molecule has 0 saturated heterocycles. The number of nitrogen functional groups attached to an aromatic ring is 1. The van der Waals surface area contributed by atoms with Gasteiger partial charge in [0.15, 0.2) is 0 Å². The minimum atomic E-state index is -4.50. The minimum Gasteiger partial charge on any atom is -0.396 e. The first-order valence-corrected chi connectivity index (χ1v) is 4.55. The SMILES string of the molecule is Nc1ncc(C=CCCO)cc1C(F)(F)F. The molecule has 0 fully saturated rings. The van der Waals surface area contributed by atoms with Crippen LogP contribution in [0.15, 0.2) is 18.3 Å². The summed E-state index contributed by atoms with van der Waals surface area (Å²) in [5.41, 5.74) is 4.49. The molecule has 1 rings (SSSR count). The second kappa shape index (κ2) is 4.98. The van der Waals surface area contributed by atoms with Gasteiger partial charge in [-0.15, -0.1) is 0 Å². The van der Waals surface area contributed by atoms with Gasteiger partial charge in [0.05, 0.1) is 5.56 Å². The summed E-state index contributed by atoms with van der Waals surface area (Å²) >= 11 is 0. The molecule has 0 aliphatic heterocycles. The number of nitrogens with zero attached hydrogens (tertiary/aromatic N) is 1. The Kier molecular flexibility index (Phi) is 3.89. The molecule has 0 unspecified atom stereocenters. The number of aliphatic hydroxyl groups excluding tert-OH is 1. The molecule has 0 radical (unpaired) electrons. The van der Waals surface area contributed by atoms with Crippen molar-refractivity contribution >= 4 is 11.9 Å². The second-order valence-electron chi connectivity index (χ2n) is 3.11. The van der Waals surface area contributed by atoms with Gasteiger partial charge in [-0.05, 0) is 18.1 Å². The first-order chi connectivity index (χ1) is 7.45. The van der Waals surface area contributed by atoms with Crippen molar-refractivity contribution in [1.82, 2.24) is 4.98 Å². The fourth-order valence-electron chi connectivity index (χ4n) is 1.10. The summed E-state index contributed by atoms with van der Waals surface area (Å²) in [6, 6.07) is 0.927. The molecule has 16 heavy (non-hydrogen) atoms. The molecule has 0 spiro atoms. The summed E-state index contributed by atoms with van der Waals surface area (Å²) in [7, 11) is 0. The number of rotatable bonds is 3. The van der Waals surface area contributed by atoms with Gasteiger partial charge < -0.3 is 10.8 Å². The van der Waals surface area contributed by atoms with Crippen LogP contribution in [0.3, 0.4) is 0 Å². The summed E-state index contributed by atoms with van der Waals surface area (Å²) in [5, 5.41) is 8.51. The quantitative estimate of drug-likeness (QED) is 0.838. The lowest BCUT2D eigenvalue weighted by molar-refractivity contribution is -0.137. The van der Waals surface area contributed by atoms with E-state index in [2.05, 4.69) is 4.98 Å². The Morgan fingerprint density at radius 2 is 2.12 bits per heavy atom. The van der Waals surface area contributed by atoms with Gasteiger partial charge in [-0.3, -0.25) is 0 Å². The van der Waals surface area contributed by atoms with Crippen molar-refractivity contribution in [2.45, 2.75) is 12.6 Å². The molecule has 0 atom stereocenters. The van der Waals surface area contributed by atoms with Crippen molar-refractivity contribution in [3.05, 3.63) is 29.5 Å². The molecule has 0 saturated carbocycles. The topological polar surface area (TPSA) is 59.1 Å². The zero-order chi connectivity index (χ0) is 12.2. The van der Waals surface area contributed by atoms with Crippen LogP contribution in [0.2, 0.25) is 0 Å². The van der Waals surface area contributed by atoms with Gasteiger partial charge in [0.1, 0.15) is 5.82 Å². The van der Waals surface area contributed by atoms with E-state index in [1.807, 2.05) is 0 Å². The highest BCUT2D eigenvalue weighted by Gasteiger charge is 2.33. The molecule has 1 aromatic rings. The Morgan fingerprint density at radius 1 is 1.44 bits per heavy atom. The van der Waals surface area contributed by atoms with Crippen molar-refractivity contribution in [3.63, 3.8) is 0 Å². The van der Waals surface area contributed by atoms with Gasteiger partial charge >= 0.3 is 6.18 Å². The smallest absolute Gasteiger partial charge is 0.396 e. The number of hydrogen-bond donors (Lipinski definition) is 2. The average Bonchev–Trinajstić information content (AvgIpc) is 2.19. The van der Waals surface area contributed by atoms with Crippen molar-refractivity contribution in [2.75, 3.05) is 12.3 Å². The van der Waals surface area contributed by atoms with E-state index in [0.29, 0.717) is 12.0 Å². The lowest BCUT2D eigenvalue weighted by Crippen LogP contribution is -2.10. The van der Waals surface area contributed by atoms with Gasteiger partial charge in [-0.25, -0.2) is 4.98 Å². The zero-order valence-corrected chi connectivity index (χ0v) is 8.33. The molecule has 0 aliphatic rings. The Hall–Kier alpha value is -1.56. The summed E-state index contributed by atoms with van der Waals surface area (Å²) in [6.07, 6.45) is 0.146. The molecule has 1 aromatic heterocycles. The first-order valence-electron chi connectivity index (χ1n) is 4.55. The summed E-state index contributed by atoms with van der Waals surface area (Å²) < 4.78 is 37.3. The predicted molar refractivity (Wildman–Crippen MR) is 54.4 cm³/mol. The molecular formula is C10H11F3N2O. The fraction of sp³-hybridized carbons (Fsp3) is 0.300. The van der Waals surface area contributed by atoms with Gasteiger partial charge in [0.25, 0.3) is 0 Å². The highest BCUT2D eigenvalue weighted by Crippen LogP contribution is 2.33. The standard InChI is InChI=1S/C10H11F3N2O/c11-10(12,13)8-5-7(3-1-2-4-16)6-15-9(8)14/h1,3,5-6,16H,2,4H2,(H2,14,15). The minimum absolute atomic E-state index is 0.0506. The molecule has 6 heteroatoms. The average molecular weight is 232 g/mol. The maximum Gasteiger partial charge on any atom is 0.419 e. The van der Waals surface area contributed by atoms with E-state index in [9.17, 15) is 13.2 Å². The molecular weight excluding hydrogens is 221 g/mol. The van der Waals surface area contributed by atoms with E-state index in [-0.39, 0.29) is 6.61 Å². The molecule has 1 heterocycles. The Balaban J connectivity index is 2.99. The maximum absolute atomic E-state index is 12.4. The number of halogens is 3. The Labute approximate surface area is 90.4 Å². The van der Waals surface area contributed by atoms with Crippen LogP contribution in [-0.4, -0.2) is 16.7 Å². The van der Waals surface area contributed by atoms with Crippen LogP contribution >= 0.6 is 0 Å². The van der Waals surface area contributed by atoms with Gasteiger partial charge in [0.2, 0.25) is 0 Å². The van der Waals surface area contributed by atoms with E-state index in [1.165, 1.54) is 12.3 Å². The van der Waals surface area contributed by atoms with E-state index in [4.69, 9.17) is 10.8 Å². The second-order valence-corrected chi connectivity index (χ2v) is 3.11. The molecule has 3 nitrogen and oxygen atoms in total. The number of pyridine rings is 1. The van der Waals surface area contributed by atoms with Crippen LogP contribution in [-0.2, 0) is 6.18 Å². The molecule has 0 amide bonds. The van der Waals surface area contributed by atoms with Gasteiger partial charge in [-0.1, -0.05) is 12.2 Å². The van der Waals surface area contributed by atoms with Crippen LogP contribution in [0.5, 0.6) is 0 Å². The van der Waals surface area contributed by atoms with Crippen molar-refractivity contribution in [1.29, 1.82) is 0 Å². The maximum atomic E-state index is 12.4. The van der Waals surface area contributed by atoms with Gasteiger partial charge in [-0.2, -0.15) is 13.2 Å². The summed E-state index contributed by atoms with van der Waals surface area (Å²) in [6.45, 7) is -0.0506. The van der Waals surface area contributed by atoms with Crippen LogP contribution < -0.4 is 5.73 Å². The van der Waals surface area contributed by atoms with Crippen LogP contribution in [0.4, 0.5) is 19.0 Å². The third-order valence-corrected chi connectivity index (χ3v) is 1.85. The Morgan fingerprint density at radius 3 is 2.69 bits per heavy atom. The number of aromatic nitrogens is 1. The van der Waals surface area contributed by atoms with Crippen molar-refractivity contribution < 1.29 is 18.3 Å². The molecule has 0 aliphatic carbocycles. The number of anilines is 1. The van der Waals surface area contributed by atoms with E-state index >= 15 is 0 Å². The lowest BCUT2D eigenvalue weighted by atomic mass is 10.1. The monoisotopic (exact) mass is 232 g/mol. The summed E-state index contributed by atoms with van der Waals surface area (Å²) in [5.74, 6) is -0.535. The normalized spacial score (nSPS) is 12.2. The lowest BCUT2D eigenvalue weighted by Gasteiger charge is -2.09. The van der Waals surface area contributed by atoms with Crippen molar-refractivity contribution in [2.24, 2.45) is 0 Å². The molecule has 3 N–H and O–H groups in total. The summed E-state index contributed by atoms with van der Waals surface area (Å²) in [4.78, 5) is 3.47. The molecule has 0 bridgehead atoms. The van der Waals surface area contributed by atoms with E-state index in [0.717, 1.165) is 6.07 Å².